The molecule has 1 aliphatic heterocycles. The van der Waals surface area contributed by atoms with Crippen LogP contribution >= 0.6 is 0 Å². The van der Waals surface area contributed by atoms with E-state index in [2.05, 4.69) is 22.0 Å². The average Bonchev–Trinajstić information content (AvgIpc) is 3.03. The third kappa shape index (κ3) is 3.61. The zero-order chi connectivity index (χ0) is 17.0. The van der Waals surface area contributed by atoms with Gasteiger partial charge in [0.15, 0.2) is 0 Å². The minimum Gasteiger partial charge on any atom is -0.420 e. The van der Waals surface area contributed by atoms with Crippen molar-refractivity contribution < 1.29 is 13.5 Å². The summed E-state index contributed by atoms with van der Waals surface area (Å²) >= 11 is 0. The Labute approximate surface area is 139 Å². The Kier molecular flexibility index (Phi) is 4.88. The van der Waals surface area contributed by atoms with Gasteiger partial charge in [-0.2, -0.15) is 5.26 Å². The number of likely N-dealkylation sites (tertiary alicyclic amines) is 1. The molecule has 1 fully saturated rings. The summed E-state index contributed by atoms with van der Waals surface area (Å²) in [7, 11) is 0. The summed E-state index contributed by atoms with van der Waals surface area (Å²) in [4.78, 5) is 2.23. The highest BCUT2D eigenvalue weighted by atomic mass is 19.1. The molecule has 7 heteroatoms. The molecule has 0 N–H and O–H groups in total. The zero-order valence-corrected chi connectivity index (χ0v) is 13.5. The maximum Gasteiger partial charge on any atom is 0.247 e. The maximum absolute atomic E-state index is 13.3. The minimum absolute atomic E-state index is 0.189. The Bertz CT molecular complexity index is 734. The van der Waals surface area contributed by atoms with E-state index in [1.807, 2.05) is 6.07 Å². The van der Waals surface area contributed by atoms with Crippen molar-refractivity contribution in [3.63, 3.8) is 0 Å². The van der Waals surface area contributed by atoms with Crippen molar-refractivity contribution in [1.82, 2.24) is 15.1 Å². The third-order valence-corrected chi connectivity index (χ3v) is 4.07. The zero-order valence-electron chi connectivity index (χ0n) is 13.5. The molecule has 0 spiro atoms. The van der Waals surface area contributed by atoms with Crippen LogP contribution in [0.4, 0.5) is 4.39 Å². The van der Waals surface area contributed by atoms with Crippen LogP contribution in [0.2, 0.25) is 0 Å². The van der Waals surface area contributed by atoms with E-state index < -0.39 is 0 Å². The van der Waals surface area contributed by atoms with Crippen LogP contribution in [0.1, 0.15) is 19.2 Å². The number of nitrogens with zero attached hydrogens (tertiary/aromatic N) is 4. The first-order valence-corrected chi connectivity index (χ1v) is 7.88. The lowest BCUT2D eigenvalue weighted by Crippen LogP contribution is -2.58. The first-order valence-electron chi connectivity index (χ1n) is 7.88. The second kappa shape index (κ2) is 7.07. The topological polar surface area (TPSA) is 75.2 Å². The van der Waals surface area contributed by atoms with Crippen LogP contribution in [0.25, 0.3) is 11.5 Å². The molecule has 6 nitrogen and oxygen atoms in total. The Morgan fingerprint density at radius 3 is 2.96 bits per heavy atom. The number of halogens is 1. The van der Waals surface area contributed by atoms with Gasteiger partial charge in [0.05, 0.1) is 31.1 Å². The van der Waals surface area contributed by atoms with Gasteiger partial charge in [-0.15, -0.1) is 10.2 Å². The number of hydrogen-bond donors (Lipinski definition) is 0. The lowest BCUT2D eigenvalue weighted by Gasteiger charge is -2.45. The molecule has 0 aliphatic carbocycles. The highest BCUT2D eigenvalue weighted by Gasteiger charge is 2.44. The highest BCUT2D eigenvalue weighted by Crippen LogP contribution is 2.34. The Morgan fingerprint density at radius 1 is 1.38 bits per heavy atom. The van der Waals surface area contributed by atoms with E-state index in [-0.39, 0.29) is 11.2 Å². The average molecular weight is 330 g/mol. The normalized spacial score (nSPS) is 16.5. The fraction of sp³-hybridized carbons (Fsp3) is 0.471. The van der Waals surface area contributed by atoms with Gasteiger partial charge in [-0.05, 0) is 25.1 Å². The molecular formula is C17H19FN4O2. The summed E-state index contributed by atoms with van der Waals surface area (Å²) < 4.78 is 24.4. The van der Waals surface area contributed by atoms with Crippen LogP contribution in [-0.4, -0.2) is 47.9 Å². The molecule has 0 amide bonds. The van der Waals surface area contributed by atoms with Gasteiger partial charge < -0.3 is 9.15 Å². The molecule has 2 heterocycles. The van der Waals surface area contributed by atoms with E-state index >= 15 is 0 Å². The van der Waals surface area contributed by atoms with Crippen molar-refractivity contribution in [2.45, 2.75) is 18.8 Å². The molecule has 0 unspecified atom stereocenters. The van der Waals surface area contributed by atoms with Crippen molar-refractivity contribution >= 4 is 0 Å². The molecule has 1 saturated heterocycles. The van der Waals surface area contributed by atoms with Crippen LogP contribution in [-0.2, 0) is 10.2 Å². The van der Waals surface area contributed by atoms with Gasteiger partial charge in [0.1, 0.15) is 5.82 Å². The van der Waals surface area contributed by atoms with Crippen molar-refractivity contribution in [3.05, 3.63) is 36.0 Å². The van der Waals surface area contributed by atoms with Gasteiger partial charge in [0, 0.05) is 25.2 Å². The lowest BCUT2D eigenvalue weighted by atomic mass is 9.82. The predicted octanol–water partition coefficient (Wildman–Crippen LogP) is 2.38. The number of ether oxygens (including phenoxy) is 1. The molecule has 3 rings (SSSR count). The molecule has 1 aromatic heterocycles. The van der Waals surface area contributed by atoms with Crippen molar-refractivity contribution in [2.75, 3.05) is 32.8 Å². The summed E-state index contributed by atoms with van der Waals surface area (Å²) in [6, 6.07) is 8.17. The van der Waals surface area contributed by atoms with Gasteiger partial charge >= 0.3 is 0 Å². The summed E-state index contributed by atoms with van der Waals surface area (Å²) in [5.41, 5.74) is 0.394. The fourth-order valence-corrected chi connectivity index (χ4v) is 2.85. The molecular weight excluding hydrogens is 311 g/mol. The van der Waals surface area contributed by atoms with Crippen molar-refractivity contribution in [1.29, 1.82) is 5.26 Å². The molecule has 0 atom stereocenters. The SMILES string of the molecule is CC1(c2nnc(-c3cccc(F)c3)o2)CN(CCOCCC#N)C1. The van der Waals surface area contributed by atoms with Crippen LogP contribution < -0.4 is 0 Å². The molecule has 0 radical (unpaired) electrons. The molecule has 126 valence electrons. The summed E-state index contributed by atoms with van der Waals surface area (Å²) in [5, 5.41) is 16.6. The predicted molar refractivity (Wildman–Crippen MR) is 84.5 cm³/mol. The van der Waals surface area contributed by atoms with Crippen LogP contribution in [0, 0.1) is 17.1 Å². The monoisotopic (exact) mass is 330 g/mol. The van der Waals surface area contributed by atoms with Gasteiger partial charge in [0.25, 0.3) is 0 Å². The number of rotatable bonds is 7. The first-order chi connectivity index (χ1) is 11.6. The standard InChI is InChI=1S/C17H19FN4O2/c1-17(11-22(12-17)7-9-23-8-3-6-19)16-21-20-15(24-16)13-4-2-5-14(18)10-13/h2,4-5,10H,3,7-9,11-12H2,1H3. The van der Waals surface area contributed by atoms with E-state index in [0.29, 0.717) is 37.0 Å². The lowest BCUT2D eigenvalue weighted by molar-refractivity contribution is 0.0253. The van der Waals surface area contributed by atoms with Gasteiger partial charge in [0.2, 0.25) is 11.8 Å². The third-order valence-electron chi connectivity index (χ3n) is 4.07. The summed E-state index contributed by atoms with van der Waals surface area (Å²) in [6.07, 6.45) is 0.419. The summed E-state index contributed by atoms with van der Waals surface area (Å²) in [6.45, 7) is 5.58. The molecule has 2 aromatic rings. The van der Waals surface area contributed by atoms with Crippen LogP contribution in [0.5, 0.6) is 0 Å². The largest absolute Gasteiger partial charge is 0.420 e. The van der Waals surface area contributed by atoms with E-state index in [9.17, 15) is 4.39 Å². The van der Waals surface area contributed by atoms with E-state index in [0.717, 1.165) is 19.6 Å². The van der Waals surface area contributed by atoms with E-state index in [1.54, 1.807) is 12.1 Å². The number of aromatic nitrogens is 2. The fourth-order valence-electron chi connectivity index (χ4n) is 2.85. The molecule has 0 saturated carbocycles. The Morgan fingerprint density at radius 2 is 2.21 bits per heavy atom. The van der Waals surface area contributed by atoms with Gasteiger partial charge in [-0.1, -0.05) is 6.07 Å². The van der Waals surface area contributed by atoms with Crippen LogP contribution in [0.3, 0.4) is 0 Å². The second-order valence-corrected chi connectivity index (χ2v) is 6.21. The molecule has 24 heavy (non-hydrogen) atoms. The minimum atomic E-state index is -0.329. The Hall–Kier alpha value is -2.30. The molecule has 0 bridgehead atoms. The second-order valence-electron chi connectivity index (χ2n) is 6.21. The van der Waals surface area contributed by atoms with Crippen molar-refractivity contribution in [3.8, 4) is 17.5 Å². The molecule has 1 aliphatic rings. The summed E-state index contributed by atoms with van der Waals surface area (Å²) in [5.74, 6) is 0.581. The number of hydrogen-bond acceptors (Lipinski definition) is 6. The Balaban J connectivity index is 1.54. The quantitative estimate of drug-likeness (QED) is 0.726. The first kappa shape index (κ1) is 16.6. The van der Waals surface area contributed by atoms with E-state index in [4.69, 9.17) is 14.4 Å². The van der Waals surface area contributed by atoms with Crippen molar-refractivity contribution in [2.24, 2.45) is 0 Å². The smallest absolute Gasteiger partial charge is 0.247 e. The number of nitriles is 1. The van der Waals surface area contributed by atoms with Crippen LogP contribution in [0.15, 0.2) is 28.7 Å². The van der Waals surface area contributed by atoms with Gasteiger partial charge in [-0.25, -0.2) is 4.39 Å². The molecule has 1 aromatic carbocycles. The van der Waals surface area contributed by atoms with Gasteiger partial charge in [-0.3, -0.25) is 4.90 Å². The maximum atomic E-state index is 13.3. The highest BCUT2D eigenvalue weighted by molar-refractivity contribution is 5.52. The van der Waals surface area contributed by atoms with E-state index in [1.165, 1.54) is 12.1 Å². The number of benzene rings is 1.